The molecule has 2 rings (SSSR count). The van der Waals surface area contributed by atoms with Crippen LogP contribution in [0, 0.1) is 0 Å². The average Bonchev–Trinajstić information content (AvgIpc) is 2.59. The van der Waals surface area contributed by atoms with E-state index in [9.17, 15) is 4.79 Å². The van der Waals surface area contributed by atoms with E-state index >= 15 is 0 Å². The number of morpholine rings is 1. The third-order valence-corrected chi connectivity index (χ3v) is 4.27. The number of para-hydroxylation sites is 1. The second-order valence-electron chi connectivity index (χ2n) is 6.55. The number of hydrogen-bond acceptors (Lipinski definition) is 4. The van der Waals surface area contributed by atoms with Crippen LogP contribution in [-0.2, 0) is 9.53 Å². The van der Waals surface area contributed by atoms with Gasteiger partial charge in [-0.3, -0.25) is 9.69 Å². The van der Waals surface area contributed by atoms with Gasteiger partial charge in [-0.15, -0.1) is 0 Å². The second-order valence-corrected chi connectivity index (χ2v) is 6.55. The fourth-order valence-corrected chi connectivity index (χ4v) is 2.79. The molecule has 1 fully saturated rings. The summed E-state index contributed by atoms with van der Waals surface area (Å²) < 4.78 is 11.2. The summed E-state index contributed by atoms with van der Waals surface area (Å²) in [5.41, 5.74) is 1.13. The number of benzene rings is 1. The van der Waals surface area contributed by atoms with Crippen LogP contribution >= 0.6 is 0 Å². The van der Waals surface area contributed by atoms with Crippen LogP contribution in [0.2, 0.25) is 0 Å². The summed E-state index contributed by atoms with van der Waals surface area (Å²) in [6.45, 7) is 11.3. The van der Waals surface area contributed by atoms with Gasteiger partial charge in [-0.25, -0.2) is 0 Å². The zero-order valence-electron chi connectivity index (χ0n) is 15.1. The van der Waals surface area contributed by atoms with Gasteiger partial charge in [-0.2, -0.15) is 0 Å². The zero-order valence-corrected chi connectivity index (χ0v) is 15.1. The van der Waals surface area contributed by atoms with Crippen LogP contribution in [0.25, 0.3) is 0 Å². The summed E-state index contributed by atoms with van der Waals surface area (Å²) in [7, 11) is 0. The zero-order chi connectivity index (χ0) is 17.4. The summed E-state index contributed by atoms with van der Waals surface area (Å²) in [4.78, 5) is 14.6. The Morgan fingerprint density at radius 3 is 2.67 bits per heavy atom. The van der Waals surface area contributed by atoms with Gasteiger partial charge < -0.3 is 14.8 Å². The minimum absolute atomic E-state index is 0.0597. The lowest BCUT2D eigenvalue weighted by atomic mass is 10.0. The number of ether oxygens (including phenoxy) is 2. The molecule has 1 aliphatic heterocycles. The first kappa shape index (κ1) is 18.7. The summed E-state index contributed by atoms with van der Waals surface area (Å²) in [6, 6.07) is 7.91. The maximum atomic E-state index is 12.2. The Kier molecular flexibility index (Phi) is 7.53. The fourth-order valence-electron chi connectivity index (χ4n) is 2.79. The normalized spacial score (nSPS) is 16.8. The molecule has 1 atom stereocenters. The fraction of sp³-hybridized carbons (Fsp3) is 0.632. The molecule has 0 spiro atoms. The lowest BCUT2D eigenvalue weighted by Crippen LogP contribution is -2.40. The van der Waals surface area contributed by atoms with Gasteiger partial charge in [0.15, 0.2) is 6.10 Å². The van der Waals surface area contributed by atoms with Gasteiger partial charge in [0.2, 0.25) is 0 Å². The lowest BCUT2D eigenvalue weighted by Gasteiger charge is -2.26. The highest BCUT2D eigenvalue weighted by molar-refractivity contribution is 5.80. The van der Waals surface area contributed by atoms with Gasteiger partial charge >= 0.3 is 0 Å². The van der Waals surface area contributed by atoms with Crippen LogP contribution in [0.4, 0.5) is 0 Å². The molecule has 1 aromatic rings. The molecule has 0 unspecified atom stereocenters. The van der Waals surface area contributed by atoms with E-state index in [1.54, 1.807) is 6.92 Å². The molecule has 134 valence electrons. The number of rotatable bonds is 8. The molecule has 1 saturated heterocycles. The quantitative estimate of drug-likeness (QED) is 0.742. The number of hydrogen-bond donors (Lipinski definition) is 1. The van der Waals surface area contributed by atoms with Crippen molar-refractivity contribution in [2.24, 2.45) is 0 Å². The first-order chi connectivity index (χ1) is 11.6. The van der Waals surface area contributed by atoms with Gasteiger partial charge in [-0.1, -0.05) is 32.0 Å². The number of nitrogens with one attached hydrogen (secondary N) is 1. The third-order valence-electron chi connectivity index (χ3n) is 4.27. The molecule has 0 aliphatic carbocycles. The van der Waals surface area contributed by atoms with E-state index < -0.39 is 6.10 Å². The van der Waals surface area contributed by atoms with Crippen LogP contribution in [0.15, 0.2) is 24.3 Å². The van der Waals surface area contributed by atoms with E-state index in [1.807, 2.05) is 24.3 Å². The maximum absolute atomic E-state index is 12.2. The summed E-state index contributed by atoms with van der Waals surface area (Å²) >= 11 is 0. The molecule has 1 amide bonds. The summed E-state index contributed by atoms with van der Waals surface area (Å²) in [5, 5.41) is 2.97. The first-order valence-corrected chi connectivity index (χ1v) is 8.91. The molecule has 0 saturated carbocycles. The van der Waals surface area contributed by atoms with Crippen LogP contribution in [0.1, 0.15) is 38.7 Å². The van der Waals surface area contributed by atoms with Gasteiger partial charge in [-0.05, 0) is 37.4 Å². The topological polar surface area (TPSA) is 50.8 Å². The molecule has 5 heteroatoms. The highest BCUT2D eigenvalue weighted by Crippen LogP contribution is 2.26. The molecule has 0 aromatic heterocycles. The van der Waals surface area contributed by atoms with Crippen molar-refractivity contribution in [1.82, 2.24) is 10.2 Å². The van der Waals surface area contributed by atoms with Crippen molar-refractivity contribution >= 4 is 5.91 Å². The van der Waals surface area contributed by atoms with E-state index in [0.29, 0.717) is 12.5 Å². The first-order valence-electron chi connectivity index (χ1n) is 8.91. The number of carbonyl (C=O) groups is 1. The SMILES string of the molecule is CC(C)c1ccccc1O[C@@H](C)C(=O)NCCCN1CCOCC1. The molecule has 24 heavy (non-hydrogen) atoms. The van der Waals surface area contributed by atoms with Crippen molar-refractivity contribution < 1.29 is 14.3 Å². The lowest BCUT2D eigenvalue weighted by molar-refractivity contribution is -0.127. The van der Waals surface area contributed by atoms with E-state index in [2.05, 4.69) is 24.1 Å². The van der Waals surface area contributed by atoms with Crippen LogP contribution in [0.3, 0.4) is 0 Å². The minimum atomic E-state index is -0.492. The molecular formula is C19H30N2O3. The average molecular weight is 334 g/mol. The maximum Gasteiger partial charge on any atom is 0.260 e. The predicted molar refractivity (Wildman–Crippen MR) is 95.5 cm³/mol. The van der Waals surface area contributed by atoms with Crippen LogP contribution in [-0.4, -0.2) is 56.3 Å². The Labute approximate surface area is 145 Å². The minimum Gasteiger partial charge on any atom is -0.481 e. The van der Waals surface area contributed by atoms with E-state index in [4.69, 9.17) is 9.47 Å². The van der Waals surface area contributed by atoms with Gasteiger partial charge in [0, 0.05) is 19.6 Å². The van der Waals surface area contributed by atoms with Crippen molar-refractivity contribution in [3.8, 4) is 5.75 Å². The van der Waals surface area contributed by atoms with Gasteiger partial charge in [0.25, 0.3) is 5.91 Å². The van der Waals surface area contributed by atoms with Crippen molar-refractivity contribution in [2.75, 3.05) is 39.4 Å². The molecular weight excluding hydrogens is 304 g/mol. The predicted octanol–water partition coefficient (Wildman–Crippen LogP) is 2.42. The summed E-state index contributed by atoms with van der Waals surface area (Å²) in [6.07, 6.45) is 0.453. The molecule has 1 aromatic carbocycles. The highest BCUT2D eigenvalue weighted by Gasteiger charge is 2.17. The van der Waals surface area contributed by atoms with E-state index in [-0.39, 0.29) is 5.91 Å². The van der Waals surface area contributed by atoms with E-state index in [0.717, 1.165) is 50.6 Å². The monoisotopic (exact) mass is 334 g/mol. The Balaban J connectivity index is 1.72. The Bertz CT molecular complexity index is 513. The number of nitrogens with zero attached hydrogens (tertiary/aromatic N) is 1. The Morgan fingerprint density at radius 2 is 1.96 bits per heavy atom. The Hall–Kier alpha value is -1.59. The van der Waals surface area contributed by atoms with Crippen molar-refractivity contribution in [1.29, 1.82) is 0 Å². The van der Waals surface area contributed by atoms with Gasteiger partial charge in [0.05, 0.1) is 13.2 Å². The largest absolute Gasteiger partial charge is 0.481 e. The van der Waals surface area contributed by atoms with Crippen molar-refractivity contribution in [3.05, 3.63) is 29.8 Å². The number of amides is 1. The Morgan fingerprint density at radius 1 is 1.25 bits per heavy atom. The van der Waals surface area contributed by atoms with Crippen molar-refractivity contribution in [3.63, 3.8) is 0 Å². The molecule has 1 heterocycles. The van der Waals surface area contributed by atoms with Crippen molar-refractivity contribution in [2.45, 2.75) is 39.2 Å². The van der Waals surface area contributed by atoms with E-state index in [1.165, 1.54) is 0 Å². The highest BCUT2D eigenvalue weighted by atomic mass is 16.5. The number of carbonyl (C=O) groups excluding carboxylic acids is 1. The second kappa shape index (κ2) is 9.64. The van der Waals surface area contributed by atoms with Gasteiger partial charge in [0.1, 0.15) is 5.75 Å². The summed E-state index contributed by atoms with van der Waals surface area (Å²) in [5.74, 6) is 1.10. The third kappa shape index (κ3) is 5.80. The van der Waals surface area contributed by atoms with Crippen LogP contribution < -0.4 is 10.1 Å². The molecule has 1 N–H and O–H groups in total. The molecule has 1 aliphatic rings. The molecule has 0 bridgehead atoms. The molecule has 5 nitrogen and oxygen atoms in total. The van der Waals surface area contributed by atoms with Crippen LogP contribution in [0.5, 0.6) is 5.75 Å². The smallest absolute Gasteiger partial charge is 0.260 e. The molecule has 0 radical (unpaired) electrons. The standard InChI is InChI=1S/C19H30N2O3/c1-15(2)17-7-4-5-8-18(17)24-16(3)19(22)20-9-6-10-21-11-13-23-14-12-21/h4-5,7-8,15-16H,6,9-14H2,1-3H3,(H,20,22)/t16-/m0/s1.